The molecule has 114 valence electrons. The molecule has 0 spiro atoms. The smallest absolute Gasteiger partial charge is 0.412 e. The lowest BCUT2D eigenvalue weighted by molar-refractivity contribution is -0.134. The number of hydrogen-bond donors (Lipinski definition) is 2. The molecule has 0 unspecified atom stereocenters. The van der Waals surface area contributed by atoms with E-state index < -0.39 is 17.7 Å². The Kier molecular flexibility index (Phi) is 5.35. The third-order valence-corrected chi connectivity index (χ3v) is 2.28. The summed E-state index contributed by atoms with van der Waals surface area (Å²) in [5.74, 6) is -0.867. The van der Waals surface area contributed by atoms with Crippen molar-refractivity contribution in [3.05, 3.63) is 35.9 Å². The van der Waals surface area contributed by atoms with E-state index in [1.54, 1.807) is 45.0 Å². The van der Waals surface area contributed by atoms with Gasteiger partial charge in [-0.3, -0.25) is 5.32 Å². The zero-order valence-electron chi connectivity index (χ0n) is 12.5. The minimum Gasteiger partial charge on any atom is -0.507 e. The second kappa shape index (κ2) is 6.78. The minimum absolute atomic E-state index is 0.217. The van der Waals surface area contributed by atoms with Crippen LogP contribution in [-0.4, -0.2) is 29.9 Å². The fourth-order valence-corrected chi connectivity index (χ4v) is 1.40. The number of carbonyl (C=O) groups is 2. The maximum Gasteiger partial charge on any atom is 0.412 e. The summed E-state index contributed by atoms with van der Waals surface area (Å²) in [6.45, 7) is 5.31. The van der Waals surface area contributed by atoms with Gasteiger partial charge in [-0.25, -0.2) is 9.59 Å². The highest BCUT2D eigenvalue weighted by atomic mass is 16.6. The van der Waals surface area contributed by atoms with E-state index in [1.807, 2.05) is 0 Å². The van der Waals surface area contributed by atoms with E-state index in [1.165, 1.54) is 7.11 Å². The number of aliphatic hydroxyl groups excluding tert-OH is 1. The lowest BCUT2D eigenvalue weighted by atomic mass is 10.1. The van der Waals surface area contributed by atoms with Crippen molar-refractivity contribution in [3.8, 4) is 0 Å². The third-order valence-electron chi connectivity index (χ3n) is 2.28. The number of anilines is 1. The monoisotopic (exact) mass is 293 g/mol. The molecule has 0 fully saturated rings. The summed E-state index contributed by atoms with van der Waals surface area (Å²) in [5.41, 5.74) is 0.361. The Morgan fingerprint density at radius 3 is 2.24 bits per heavy atom. The van der Waals surface area contributed by atoms with Crippen LogP contribution in [-0.2, 0) is 14.3 Å². The van der Waals surface area contributed by atoms with Crippen LogP contribution < -0.4 is 5.32 Å². The second-order valence-electron chi connectivity index (χ2n) is 5.26. The van der Waals surface area contributed by atoms with Crippen molar-refractivity contribution in [3.63, 3.8) is 0 Å². The average Bonchev–Trinajstić information content (AvgIpc) is 2.36. The van der Waals surface area contributed by atoms with Gasteiger partial charge in [0, 0.05) is 11.3 Å². The number of aliphatic hydroxyl groups is 1. The fourth-order valence-electron chi connectivity index (χ4n) is 1.40. The summed E-state index contributed by atoms with van der Waals surface area (Å²) in [6, 6.07) is 6.28. The highest BCUT2D eigenvalue weighted by Gasteiger charge is 2.16. The maximum absolute atomic E-state index is 11.6. The van der Waals surface area contributed by atoms with E-state index in [2.05, 4.69) is 10.1 Å². The SMILES string of the molecule is COC(=O)C=C(O)c1ccc(NC(=O)OC(C)(C)C)cc1. The molecule has 6 nitrogen and oxygen atoms in total. The standard InChI is InChI=1S/C15H19NO5/c1-15(2,3)21-14(19)16-11-7-5-10(6-8-11)12(17)9-13(18)20-4/h5-9,17H,1-4H3,(H,16,19). The molecule has 6 heteroatoms. The molecule has 2 N–H and O–H groups in total. The number of esters is 1. The van der Waals surface area contributed by atoms with Gasteiger partial charge in [0.1, 0.15) is 11.4 Å². The number of benzene rings is 1. The molecule has 0 aromatic heterocycles. The largest absolute Gasteiger partial charge is 0.507 e. The first-order valence-electron chi connectivity index (χ1n) is 6.30. The molecule has 1 rings (SSSR count). The predicted octanol–water partition coefficient (Wildman–Crippen LogP) is 3.11. The summed E-state index contributed by atoms with van der Waals surface area (Å²) in [5, 5.41) is 12.3. The van der Waals surface area contributed by atoms with Crippen LogP contribution in [0, 0.1) is 0 Å². The van der Waals surface area contributed by atoms with E-state index in [0.717, 1.165) is 6.08 Å². The van der Waals surface area contributed by atoms with Gasteiger partial charge in [-0.05, 0) is 45.0 Å². The van der Waals surface area contributed by atoms with Crippen molar-refractivity contribution in [2.24, 2.45) is 0 Å². The van der Waals surface area contributed by atoms with Crippen LogP contribution in [0.25, 0.3) is 5.76 Å². The van der Waals surface area contributed by atoms with Crippen LogP contribution in [0.1, 0.15) is 26.3 Å². The van der Waals surface area contributed by atoms with E-state index in [0.29, 0.717) is 11.3 Å². The van der Waals surface area contributed by atoms with Crippen LogP contribution in [0.5, 0.6) is 0 Å². The molecular weight excluding hydrogens is 274 g/mol. The van der Waals surface area contributed by atoms with Crippen LogP contribution in [0.15, 0.2) is 30.3 Å². The normalized spacial score (nSPS) is 11.7. The van der Waals surface area contributed by atoms with E-state index in [-0.39, 0.29) is 5.76 Å². The Hall–Kier alpha value is -2.50. The molecule has 0 saturated heterocycles. The van der Waals surface area contributed by atoms with E-state index in [4.69, 9.17) is 4.74 Å². The second-order valence-corrected chi connectivity index (χ2v) is 5.26. The highest BCUT2D eigenvalue weighted by molar-refractivity contribution is 5.89. The quantitative estimate of drug-likeness (QED) is 0.508. The van der Waals surface area contributed by atoms with Crippen LogP contribution in [0.4, 0.5) is 10.5 Å². The Morgan fingerprint density at radius 1 is 1.19 bits per heavy atom. The zero-order valence-corrected chi connectivity index (χ0v) is 12.5. The van der Waals surface area contributed by atoms with Gasteiger partial charge in [0.05, 0.1) is 13.2 Å². The first-order chi connectivity index (χ1) is 9.71. The molecule has 21 heavy (non-hydrogen) atoms. The van der Waals surface area contributed by atoms with Crippen molar-refractivity contribution in [1.82, 2.24) is 0 Å². The number of ether oxygens (including phenoxy) is 2. The van der Waals surface area contributed by atoms with Gasteiger partial charge in [-0.15, -0.1) is 0 Å². The van der Waals surface area contributed by atoms with Crippen molar-refractivity contribution >= 4 is 23.5 Å². The zero-order chi connectivity index (χ0) is 16.0. The molecule has 0 saturated carbocycles. The van der Waals surface area contributed by atoms with Gasteiger partial charge < -0.3 is 14.6 Å². The predicted molar refractivity (Wildman–Crippen MR) is 78.9 cm³/mol. The van der Waals surface area contributed by atoms with Gasteiger partial charge in [0.2, 0.25) is 0 Å². The van der Waals surface area contributed by atoms with Crippen LogP contribution in [0.3, 0.4) is 0 Å². The molecule has 0 heterocycles. The fraction of sp³-hybridized carbons (Fsp3) is 0.333. The number of nitrogens with one attached hydrogen (secondary N) is 1. The summed E-state index contributed by atoms with van der Waals surface area (Å²) < 4.78 is 9.53. The molecular formula is C15H19NO5. The highest BCUT2D eigenvalue weighted by Crippen LogP contribution is 2.16. The first-order valence-corrected chi connectivity index (χ1v) is 6.30. The number of rotatable bonds is 3. The molecule has 0 atom stereocenters. The number of carbonyl (C=O) groups excluding carboxylic acids is 2. The van der Waals surface area contributed by atoms with Crippen molar-refractivity contribution in [2.45, 2.75) is 26.4 Å². The Balaban J connectivity index is 2.73. The summed E-state index contributed by atoms with van der Waals surface area (Å²) in [6.07, 6.45) is 0.403. The molecule has 0 aliphatic heterocycles. The van der Waals surface area contributed by atoms with Crippen molar-refractivity contribution in [1.29, 1.82) is 0 Å². The van der Waals surface area contributed by atoms with Gasteiger partial charge in [0.25, 0.3) is 0 Å². The van der Waals surface area contributed by atoms with Gasteiger partial charge in [-0.1, -0.05) is 0 Å². The molecule has 0 bridgehead atoms. The Labute approximate surface area is 123 Å². The van der Waals surface area contributed by atoms with Crippen LogP contribution in [0.2, 0.25) is 0 Å². The topological polar surface area (TPSA) is 84.9 Å². The summed E-state index contributed by atoms with van der Waals surface area (Å²) in [4.78, 5) is 22.6. The Morgan fingerprint density at radius 2 is 1.76 bits per heavy atom. The minimum atomic E-state index is -0.650. The van der Waals surface area contributed by atoms with Crippen LogP contribution >= 0.6 is 0 Å². The lowest BCUT2D eigenvalue weighted by Gasteiger charge is -2.19. The number of hydrogen-bond acceptors (Lipinski definition) is 5. The third kappa shape index (κ3) is 5.99. The van der Waals surface area contributed by atoms with E-state index in [9.17, 15) is 14.7 Å². The number of methoxy groups -OCH3 is 1. The summed E-state index contributed by atoms with van der Waals surface area (Å²) in [7, 11) is 1.22. The van der Waals surface area contributed by atoms with Crippen molar-refractivity contribution < 1.29 is 24.2 Å². The average molecular weight is 293 g/mol. The van der Waals surface area contributed by atoms with Crippen molar-refractivity contribution in [2.75, 3.05) is 12.4 Å². The molecule has 0 radical (unpaired) electrons. The van der Waals surface area contributed by atoms with Gasteiger partial charge >= 0.3 is 12.1 Å². The van der Waals surface area contributed by atoms with Gasteiger partial charge in [0.15, 0.2) is 0 Å². The lowest BCUT2D eigenvalue weighted by Crippen LogP contribution is -2.27. The molecule has 0 aliphatic carbocycles. The Bertz CT molecular complexity index is 540. The molecule has 0 aliphatic rings. The first kappa shape index (κ1) is 16.6. The molecule has 1 amide bonds. The molecule has 1 aromatic carbocycles. The summed E-state index contributed by atoms with van der Waals surface area (Å²) >= 11 is 0. The van der Waals surface area contributed by atoms with E-state index >= 15 is 0 Å². The number of amides is 1. The molecule has 1 aromatic rings. The maximum atomic E-state index is 11.6. The van der Waals surface area contributed by atoms with Gasteiger partial charge in [-0.2, -0.15) is 0 Å².